The third-order valence-electron chi connectivity index (χ3n) is 1.02. The smallest absolute Gasteiger partial charge is 0.143 e. The lowest BCUT2D eigenvalue weighted by Gasteiger charge is -2.12. The van der Waals surface area contributed by atoms with Crippen LogP contribution in [0.3, 0.4) is 0 Å². The molecule has 0 spiro atoms. The molecule has 44 valence electrons. The molecule has 1 unspecified atom stereocenters. The molecule has 0 aromatic carbocycles. The summed E-state index contributed by atoms with van der Waals surface area (Å²) in [5.74, 6) is 0. The Balaban J connectivity index is 2.59. The molecule has 0 radical (unpaired) electrons. The van der Waals surface area contributed by atoms with Crippen LogP contribution in [0.2, 0.25) is 0 Å². The van der Waals surface area contributed by atoms with Crippen LogP contribution in [0, 0.1) is 0 Å². The van der Waals surface area contributed by atoms with Gasteiger partial charge in [-0.1, -0.05) is 6.08 Å². The van der Waals surface area contributed by atoms with Gasteiger partial charge in [-0.05, 0) is 19.1 Å². The molecule has 1 aliphatic heterocycles. The average Bonchev–Trinajstić information content (AvgIpc) is 1.64. The molecule has 0 bridgehead atoms. The predicted octanol–water partition coefficient (Wildman–Crippen LogP) is 0.368. The Morgan fingerprint density at radius 2 is 2.50 bits per heavy atom. The second kappa shape index (κ2) is 2.01. The zero-order valence-corrected chi connectivity index (χ0v) is 4.76. The molecule has 1 atom stereocenters. The monoisotopic (exact) mass is 111 g/mol. The van der Waals surface area contributed by atoms with E-state index in [1.165, 1.54) is 0 Å². The van der Waals surface area contributed by atoms with Gasteiger partial charge >= 0.3 is 0 Å². The summed E-state index contributed by atoms with van der Waals surface area (Å²) in [6, 6.07) is 0. The molecule has 0 aromatic heterocycles. The molecule has 8 heavy (non-hydrogen) atoms. The van der Waals surface area contributed by atoms with Crippen molar-refractivity contribution in [2.24, 2.45) is 0 Å². The molecule has 0 fully saturated rings. The first kappa shape index (κ1) is 5.38. The summed E-state index contributed by atoms with van der Waals surface area (Å²) >= 11 is 0. The fourth-order valence-corrected chi connectivity index (χ4v) is 0.635. The minimum absolute atomic E-state index is 0.486. The van der Waals surface area contributed by atoms with Crippen molar-refractivity contribution in [2.75, 3.05) is 0 Å². The van der Waals surface area contributed by atoms with E-state index in [4.69, 9.17) is 5.11 Å². The molecule has 0 aliphatic carbocycles. The van der Waals surface area contributed by atoms with Gasteiger partial charge < -0.3 is 10.4 Å². The normalized spacial score (nSPS) is 26.8. The Labute approximate surface area is 48.5 Å². The number of allylic oxidation sites excluding steroid dienone is 3. The number of aliphatic hydroxyl groups excluding tert-OH is 1. The van der Waals surface area contributed by atoms with E-state index in [1.807, 2.05) is 19.1 Å². The van der Waals surface area contributed by atoms with Crippen molar-refractivity contribution in [1.82, 2.24) is 5.32 Å². The molecule has 0 aromatic rings. The molecule has 0 amide bonds. The fraction of sp³-hybridized carbons (Fsp3) is 0.333. The van der Waals surface area contributed by atoms with E-state index in [0.29, 0.717) is 0 Å². The highest BCUT2D eigenvalue weighted by Gasteiger charge is 1.98. The summed E-state index contributed by atoms with van der Waals surface area (Å²) in [7, 11) is 0. The molecular weight excluding hydrogens is 102 g/mol. The maximum atomic E-state index is 8.84. The van der Waals surface area contributed by atoms with Gasteiger partial charge in [-0.25, -0.2) is 0 Å². The summed E-state index contributed by atoms with van der Waals surface area (Å²) < 4.78 is 0. The van der Waals surface area contributed by atoms with Gasteiger partial charge in [0.25, 0.3) is 0 Å². The predicted molar refractivity (Wildman–Crippen MR) is 32.0 cm³/mol. The highest BCUT2D eigenvalue weighted by atomic mass is 16.3. The largest absolute Gasteiger partial charge is 0.370 e. The van der Waals surface area contributed by atoms with Gasteiger partial charge in [0.05, 0.1) is 0 Å². The molecule has 2 N–H and O–H groups in total. The number of hydrogen-bond acceptors (Lipinski definition) is 2. The first-order valence-electron chi connectivity index (χ1n) is 2.59. The molecular formula is C6H9NO. The molecule has 0 saturated heterocycles. The standard InChI is InChI=1S/C6H9NO/c1-5-3-2-4-6(8)7-5/h2-4,6-8H,1H3. The lowest BCUT2D eigenvalue weighted by Crippen LogP contribution is -2.26. The van der Waals surface area contributed by atoms with E-state index in [0.717, 1.165) is 5.70 Å². The molecule has 1 aliphatic rings. The Hall–Kier alpha value is -0.760. The van der Waals surface area contributed by atoms with Gasteiger partial charge in [-0.15, -0.1) is 0 Å². The Kier molecular flexibility index (Phi) is 1.35. The zero-order valence-electron chi connectivity index (χ0n) is 4.76. The van der Waals surface area contributed by atoms with Crippen LogP contribution in [-0.2, 0) is 0 Å². The topological polar surface area (TPSA) is 32.3 Å². The second-order valence-corrected chi connectivity index (χ2v) is 1.82. The van der Waals surface area contributed by atoms with Gasteiger partial charge in [-0.2, -0.15) is 0 Å². The van der Waals surface area contributed by atoms with Crippen LogP contribution in [0.25, 0.3) is 0 Å². The van der Waals surface area contributed by atoms with Gasteiger partial charge in [-0.3, -0.25) is 0 Å². The van der Waals surface area contributed by atoms with E-state index in [1.54, 1.807) is 6.08 Å². The fourth-order valence-electron chi connectivity index (χ4n) is 0.635. The van der Waals surface area contributed by atoms with Crippen molar-refractivity contribution < 1.29 is 5.11 Å². The Morgan fingerprint density at radius 3 is 2.88 bits per heavy atom. The molecule has 2 heteroatoms. The maximum absolute atomic E-state index is 8.84. The summed E-state index contributed by atoms with van der Waals surface area (Å²) in [5.41, 5.74) is 1.00. The van der Waals surface area contributed by atoms with E-state index in [-0.39, 0.29) is 0 Å². The number of dihydropyridines is 1. The second-order valence-electron chi connectivity index (χ2n) is 1.82. The van der Waals surface area contributed by atoms with Gasteiger partial charge in [0.1, 0.15) is 6.23 Å². The van der Waals surface area contributed by atoms with Crippen molar-refractivity contribution in [3.05, 3.63) is 23.9 Å². The Bertz CT molecular complexity index is 137. The first-order chi connectivity index (χ1) is 3.79. The SMILES string of the molecule is CC1=CC=CC(O)N1. The van der Waals surface area contributed by atoms with Crippen molar-refractivity contribution in [3.63, 3.8) is 0 Å². The van der Waals surface area contributed by atoms with Crippen molar-refractivity contribution in [2.45, 2.75) is 13.2 Å². The van der Waals surface area contributed by atoms with Crippen LogP contribution >= 0.6 is 0 Å². The molecule has 0 saturated carbocycles. The number of nitrogens with one attached hydrogen (secondary N) is 1. The van der Waals surface area contributed by atoms with Crippen LogP contribution in [0.4, 0.5) is 0 Å². The first-order valence-corrected chi connectivity index (χ1v) is 2.59. The minimum Gasteiger partial charge on any atom is -0.370 e. The van der Waals surface area contributed by atoms with Crippen LogP contribution < -0.4 is 5.32 Å². The van der Waals surface area contributed by atoms with Crippen molar-refractivity contribution in [3.8, 4) is 0 Å². The zero-order chi connectivity index (χ0) is 5.98. The van der Waals surface area contributed by atoms with Crippen molar-refractivity contribution >= 4 is 0 Å². The highest BCUT2D eigenvalue weighted by molar-refractivity contribution is 5.15. The van der Waals surface area contributed by atoms with Crippen LogP contribution in [0.5, 0.6) is 0 Å². The van der Waals surface area contributed by atoms with E-state index in [9.17, 15) is 0 Å². The summed E-state index contributed by atoms with van der Waals surface area (Å²) in [6.45, 7) is 1.91. The van der Waals surface area contributed by atoms with Gasteiger partial charge in [0, 0.05) is 5.70 Å². The third kappa shape index (κ3) is 1.10. The molecule has 2 nitrogen and oxygen atoms in total. The maximum Gasteiger partial charge on any atom is 0.143 e. The number of hydrogen-bond donors (Lipinski definition) is 2. The van der Waals surface area contributed by atoms with Gasteiger partial charge in [0.15, 0.2) is 0 Å². The van der Waals surface area contributed by atoms with Crippen LogP contribution in [0.15, 0.2) is 23.9 Å². The van der Waals surface area contributed by atoms with Gasteiger partial charge in [0.2, 0.25) is 0 Å². The van der Waals surface area contributed by atoms with Crippen LogP contribution in [0.1, 0.15) is 6.92 Å². The average molecular weight is 111 g/mol. The summed E-state index contributed by atoms with van der Waals surface area (Å²) in [6.07, 6.45) is 4.94. The van der Waals surface area contributed by atoms with Crippen LogP contribution in [-0.4, -0.2) is 11.3 Å². The quantitative estimate of drug-likeness (QED) is 0.473. The summed E-state index contributed by atoms with van der Waals surface area (Å²) in [5, 5.41) is 11.6. The number of aliphatic hydroxyl groups is 1. The lowest BCUT2D eigenvalue weighted by molar-refractivity contribution is 0.196. The highest BCUT2D eigenvalue weighted by Crippen LogP contribution is 1.96. The minimum atomic E-state index is -0.486. The molecule has 1 heterocycles. The third-order valence-corrected chi connectivity index (χ3v) is 1.02. The molecule has 1 rings (SSSR count). The van der Waals surface area contributed by atoms with E-state index in [2.05, 4.69) is 5.32 Å². The lowest BCUT2D eigenvalue weighted by atomic mass is 10.3. The van der Waals surface area contributed by atoms with Crippen molar-refractivity contribution in [1.29, 1.82) is 0 Å². The number of rotatable bonds is 0. The van der Waals surface area contributed by atoms with E-state index < -0.39 is 6.23 Å². The van der Waals surface area contributed by atoms with E-state index >= 15 is 0 Å². The summed E-state index contributed by atoms with van der Waals surface area (Å²) in [4.78, 5) is 0. The Morgan fingerprint density at radius 1 is 1.75 bits per heavy atom.